The number of pyridine rings is 1. The minimum absolute atomic E-state index is 0.00683. The Hall–Kier alpha value is -3.26. The minimum Gasteiger partial charge on any atom is -0.337 e. The van der Waals surface area contributed by atoms with Gasteiger partial charge in [0.15, 0.2) is 15.5 Å². The lowest BCUT2D eigenvalue weighted by molar-refractivity contribution is -0.133. The number of rotatable bonds is 6. The zero-order valence-corrected chi connectivity index (χ0v) is 23.0. The molecule has 0 bridgehead atoms. The van der Waals surface area contributed by atoms with Gasteiger partial charge in [-0.3, -0.25) is 4.79 Å². The largest absolute Gasteiger partial charge is 0.337 e. The number of halogens is 3. The molecular weight excluding hydrogens is 605 g/mol. The van der Waals surface area contributed by atoms with Gasteiger partial charge in [0.25, 0.3) is 0 Å². The minimum atomic E-state index is -0.652. The molecule has 2 aliphatic rings. The summed E-state index contributed by atoms with van der Waals surface area (Å²) in [6, 6.07) is 6.74. The molecule has 9 nitrogen and oxygen atoms in total. The quantitative estimate of drug-likeness (QED) is 0.306. The Labute approximate surface area is 231 Å². The first-order valence-corrected chi connectivity index (χ1v) is 13.5. The molecule has 1 aromatic carbocycles. The molecule has 2 N–H and O–H groups in total. The third-order valence-electron chi connectivity index (χ3n) is 7.04. The third kappa shape index (κ3) is 4.59. The van der Waals surface area contributed by atoms with Crippen molar-refractivity contribution < 1.29 is 13.6 Å². The van der Waals surface area contributed by atoms with Crippen LogP contribution in [0.3, 0.4) is 0 Å². The average molecular weight is 630 g/mol. The van der Waals surface area contributed by atoms with Gasteiger partial charge >= 0.3 is 0 Å². The van der Waals surface area contributed by atoms with Crippen LogP contribution in [0.4, 0.5) is 20.5 Å². The van der Waals surface area contributed by atoms with E-state index in [-0.39, 0.29) is 29.1 Å². The summed E-state index contributed by atoms with van der Waals surface area (Å²) >= 11 is 2.11. The van der Waals surface area contributed by atoms with Gasteiger partial charge in [0, 0.05) is 36.8 Å². The number of hydrogen-bond acceptors (Lipinski definition) is 7. The summed E-state index contributed by atoms with van der Waals surface area (Å²) in [4.78, 5) is 31.8. The van der Waals surface area contributed by atoms with Gasteiger partial charge in [0.2, 0.25) is 11.9 Å². The lowest BCUT2D eigenvalue weighted by Crippen LogP contribution is -2.45. The molecular formula is C26H25F2IN8O. The Balaban J connectivity index is 1.27. The number of carbonyl (C=O) groups excluding carboxylic acids is 1. The molecule has 1 fully saturated rings. The maximum Gasteiger partial charge on any atom is 0.239 e. The normalized spacial score (nSPS) is 16.0. The Morgan fingerprint density at radius 1 is 1.16 bits per heavy atom. The molecule has 0 spiro atoms. The average Bonchev–Trinajstić information content (AvgIpc) is 3.69. The number of nitrogens with one attached hydrogen (secondary N) is 2. The van der Waals surface area contributed by atoms with E-state index in [9.17, 15) is 13.6 Å². The van der Waals surface area contributed by atoms with Crippen LogP contribution in [0.25, 0.3) is 22.3 Å². The highest BCUT2D eigenvalue weighted by Gasteiger charge is 2.29. The van der Waals surface area contributed by atoms with Gasteiger partial charge in [-0.2, -0.15) is 0 Å². The van der Waals surface area contributed by atoms with E-state index in [0.717, 1.165) is 30.3 Å². The summed E-state index contributed by atoms with van der Waals surface area (Å²) < 4.78 is 32.6. The lowest BCUT2D eigenvalue weighted by atomic mass is 10.0. The van der Waals surface area contributed by atoms with Gasteiger partial charge in [-0.05, 0) is 73.2 Å². The van der Waals surface area contributed by atoms with Crippen molar-refractivity contribution in [3.8, 4) is 11.3 Å². The Morgan fingerprint density at radius 2 is 1.97 bits per heavy atom. The maximum atomic E-state index is 15.0. The summed E-state index contributed by atoms with van der Waals surface area (Å²) in [5.74, 6) is -0.462. The van der Waals surface area contributed by atoms with Crippen molar-refractivity contribution >= 4 is 51.3 Å². The van der Waals surface area contributed by atoms with E-state index in [1.165, 1.54) is 6.07 Å². The maximum absolute atomic E-state index is 15.0. The summed E-state index contributed by atoms with van der Waals surface area (Å²) in [6.07, 6.45) is 3.72. The fourth-order valence-electron chi connectivity index (χ4n) is 4.76. The Morgan fingerprint density at radius 3 is 2.74 bits per heavy atom. The number of carbonyl (C=O) groups is 1. The zero-order chi connectivity index (χ0) is 26.6. The van der Waals surface area contributed by atoms with Crippen LogP contribution in [0.2, 0.25) is 0 Å². The van der Waals surface area contributed by atoms with Crippen LogP contribution < -0.4 is 10.6 Å². The number of likely N-dealkylation sites (N-methyl/N-ethyl adjacent to an activating group) is 1. The van der Waals surface area contributed by atoms with Crippen LogP contribution in [-0.2, 0) is 17.8 Å². The topological polar surface area (TPSA) is 101 Å². The highest BCUT2D eigenvalue weighted by Crippen LogP contribution is 2.40. The van der Waals surface area contributed by atoms with Crippen LogP contribution in [-0.4, -0.2) is 54.9 Å². The summed E-state index contributed by atoms with van der Waals surface area (Å²) in [5, 5.41) is 6.03. The van der Waals surface area contributed by atoms with E-state index in [4.69, 9.17) is 0 Å². The molecule has 3 aromatic heterocycles. The Kier molecular flexibility index (Phi) is 6.46. The van der Waals surface area contributed by atoms with Crippen LogP contribution in [0.1, 0.15) is 37.1 Å². The lowest BCUT2D eigenvalue weighted by Gasteiger charge is -2.30. The molecule has 1 amide bonds. The molecule has 6 rings (SSSR count). The molecule has 1 aliphatic heterocycles. The fourth-order valence-corrected chi connectivity index (χ4v) is 5.65. The highest BCUT2D eigenvalue weighted by molar-refractivity contribution is 14.1. The first kappa shape index (κ1) is 25.0. The summed E-state index contributed by atoms with van der Waals surface area (Å²) in [5.41, 5.74) is 3.07. The number of amides is 1. The first-order chi connectivity index (χ1) is 18.3. The second-order valence-corrected chi connectivity index (χ2v) is 10.6. The first-order valence-electron chi connectivity index (χ1n) is 12.4. The van der Waals surface area contributed by atoms with Crippen molar-refractivity contribution in [2.45, 2.75) is 44.8 Å². The van der Waals surface area contributed by atoms with E-state index < -0.39 is 11.6 Å². The van der Waals surface area contributed by atoms with Crippen molar-refractivity contribution in [3.63, 3.8) is 0 Å². The number of aromatic nitrogens is 5. The molecule has 4 heterocycles. The number of fused-ring (bicyclic) bond motifs is 2. The number of nitrogens with zero attached hydrogens (tertiary/aromatic N) is 6. The van der Waals surface area contributed by atoms with Crippen LogP contribution in [0.15, 0.2) is 30.5 Å². The van der Waals surface area contributed by atoms with E-state index in [0.29, 0.717) is 46.3 Å². The third-order valence-corrected chi connectivity index (χ3v) is 7.80. The van der Waals surface area contributed by atoms with Crippen molar-refractivity contribution in [1.29, 1.82) is 0 Å². The van der Waals surface area contributed by atoms with Gasteiger partial charge in [0.05, 0.1) is 17.8 Å². The molecule has 196 valence electrons. The predicted octanol–water partition coefficient (Wildman–Crippen LogP) is 4.34. The molecule has 38 heavy (non-hydrogen) atoms. The predicted molar refractivity (Wildman–Crippen MR) is 147 cm³/mol. The number of hydrogen-bond donors (Lipinski definition) is 2. The van der Waals surface area contributed by atoms with Gasteiger partial charge in [-0.1, -0.05) is 6.07 Å². The van der Waals surface area contributed by atoms with Gasteiger partial charge in [0.1, 0.15) is 17.0 Å². The van der Waals surface area contributed by atoms with Gasteiger partial charge in [-0.25, -0.2) is 28.7 Å². The van der Waals surface area contributed by atoms with Crippen molar-refractivity contribution in [2.24, 2.45) is 0 Å². The summed E-state index contributed by atoms with van der Waals surface area (Å²) in [7, 11) is 1.77. The summed E-state index contributed by atoms with van der Waals surface area (Å²) in [6.45, 7) is 2.92. The smallest absolute Gasteiger partial charge is 0.239 e. The van der Waals surface area contributed by atoms with Crippen molar-refractivity contribution in [3.05, 3.63) is 57.2 Å². The fraction of sp³-hybridized carbons (Fsp3) is 0.346. The molecule has 12 heteroatoms. The molecule has 0 unspecified atom stereocenters. The van der Waals surface area contributed by atoms with Crippen molar-refractivity contribution in [1.82, 2.24) is 34.7 Å². The second kappa shape index (κ2) is 9.80. The molecule has 1 aliphatic carbocycles. The zero-order valence-electron chi connectivity index (χ0n) is 20.8. The van der Waals surface area contributed by atoms with Crippen LogP contribution in [0, 0.1) is 15.5 Å². The van der Waals surface area contributed by atoms with E-state index in [1.54, 1.807) is 19.2 Å². The number of imidazole rings is 1. The van der Waals surface area contributed by atoms with E-state index in [1.807, 2.05) is 22.5 Å². The van der Waals surface area contributed by atoms with Crippen molar-refractivity contribution in [2.75, 3.05) is 18.9 Å². The van der Waals surface area contributed by atoms with Crippen LogP contribution in [0.5, 0.6) is 0 Å². The van der Waals surface area contributed by atoms with Gasteiger partial charge < -0.3 is 20.1 Å². The van der Waals surface area contributed by atoms with Gasteiger partial charge in [-0.15, -0.1) is 0 Å². The highest BCUT2D eigenvalue weighted by atomic mass is 127. The number of benzene rings is 1. The number of anilines is 2. The van der Waals surface area contributed by atoms with E-state index in [2.05, 4.69) is 53.2 Å². The molecule has 4 aromatic rings. The van der Waals surface area contributed by atoms with E-state index >= 15 is 0 Å². The SMILES string of the molecule is CN[C@H](C)C(=O)N1CCc2nc(Nc3ncc(F)c(-c4cc(F)c5nc(I)n(C6CC6)c5c4)n3)ccc2C1. The molecule has 0 radical (unpaired) electrons. The monoisotopic (exact) mass is 630 g/mol. The molecule has 1 saturated carbocycles. The van der Waals surface area contributed by atoms with Crippen LogP contribution >= 0.6 is 22.6 Å². The molecule has 0 saturated heterocycles. The molecule has 1 atom stereocenters. The Bertz CT molecular complexity index is 1570. The standard InChI is InChI=1S/C26H25F2IN8O/c1-13(30-2)24(38)36-8-7-19-14(12-36)3-6-21(32-19)33-26-31-11-18(28)22(35-26)15-9-17(27)23-20(10-15)37(16-4-5-16)25(29)34-23/h3,6,9-11,13,16,30H,4-5,7-8,12H2,1-2H3,(H,31,32,33,35)/t13-/m1/s1. The second-order valence-electron chi connectivity index (χ2n) is 9.65.